The molecule has 0 aromatic rings. The lowest BCUT2D eigenvalue weighted by atomic mass is 9.71. The van der Waals surface area contributed by atoms with E-state index in [1.165, 1.54) is 19.3 Å². The Bertz CT molecular complexity index is 284. The van der Waals surface area contributed by atoms with Crippen molar-refractivity contribution in [2.75, 3.05) is 13.1 Å². The van der Waals surface area contributed by atoms with E-state index in [2.05, 4.69) is 5.32 Å². The fourth-order valence-electron chi connectivity index (χ4n) is 3.02. The van der Waals surface area contributed by atoms with Crippen LogP contribution in [0.1, 0.15) is 51.4 Å². The van der Waals surface area contributed by atoms with Gasteiger partial charge in [0.15, 0.2) is 0 Å². The molecule has 2 saturated carbocycles. The largest absolute Gasteiger partial charge is 0.391 e. The first-order valence-corrected chi connectivity index (χ1v) is 7.30. The first-order chi connectivity index (χ1) is 8.65. The number of amides is 1. The highest BCUT2D eigenvalue weighted by Crippen LogP contribution is 2.38. The third-order valence-corrected chi connectivity index (χ3v) is 4.56. The van der Waals surface area contributed by atoms with E-state index in [-0.39, 0.29) is 17.4 Å². The van der Waals surface area contributed by atoms with Crippen molar-refractivity contribution in [2.45, 2.75) is 57.5 Å². The van der Waals surface area contributed by atoms with Gasteiger partial charge in [0.1, 0.15) is 0 Å². The Morgan fingerprint density at radius 2 is 2.00 bits per heavy atom. The number of carbonyl (C=O) groups is 1. The molecule has 0 heterocycles. The molecule has 1 amide bonds. The molecule has 1 unspecified atom stereocenters. The van der Waals surface area contributed by atoms with Gasteiger partial charge >= 0.3 is 0 Å². The highest BCUT2D eigenvalue weighted by Gasteiger charge is 2.34. The molecule has 0 bridgehead atoms. The second kappa shape index (κ2) is 6.02. The van der Waals surface area contributed by atoms with Gasteiger partial charge in [-0.05, 0) is 43.6 Å². The van der Waals surface area contributed by atoms with Crippen LogP contribution in [0.2, 0.25) is 0 Å². The molecule has 104 valence electrons. The van der Waals surface area contributed by atoms with Gasteiger partial charge in [0.05, 0.1) is 6.10 Å². The quantitative estimate of drug-likeness (QED) is 0.666. The summed E-state index contributed by atoms with van der Waals surface area (Å²) in [6, 6.07) is 0. The van der Waals surface area contributed by atoms with Gasteiger partial charge in [-0.25, -0.2) is 0 Å². The van der Waals surface area contributed by atoms with E-state index in [1.807, 2.05) is 0 Å². The summed E-state index contributed by atoms with van der Waals surface area (Å²) in [6.07, 6.45) is 8.17. The lowest BCUT2D eigenvalue weighted by Crippen LogP contribution is -2.40. The van der Waals surface area contributed by atoms with Crippen molar-refractivity contribution in [3.05, 3.63) is 0 Å². The molecule has 18 heavy (non-hydrogen) atoms. The zero-order valence-electron chi connectivity index (χ0n) is 11.2. The predicted octanol–water partition coefficient (Wildman–Crippen LogP) is 1.17. The Balaban J connectivity index is 1.74. The molecule has 0 aliphatic heterocycles. The van der Waals surface area contributed by atoms with Crippen LogP contribution in [0.3, 0.4) is 0 Å². The number of hydrogen-bond donors (Lipinski definition) is 3. The van der Waals surface area contributed by atoms with Crippen molar-refractivity contribution in [3.63, 3.8) is 0 Å². The summed E-state index contributed by atoms with van der Waals surface area (Å²) in [7, 11) is 0. The molecule has 4 N–H and O–H groups in total. The normalized spacial score (nSPS) is 24.6. The van der Waals surface area contributed by atoms with Crippen molar-refractivity contribution in [2.24, 2.45) is 17.1 Å². The van der Waals surface area contributed by atoms with Gasteiger partial charge in [-0.2, -0.15) is 0 Å². The second-order valence-electron chi connectivity index (χ2n) is 6.15. The monoisotopic (exact) mass is 254 g/mol. The fraction of sp³-hybridized carbons (Fsp3) is 0.929. The van der Waals surface area contributed by atoms with Crippen molar-refractivity contribution in [1.29, 1.82) is 0 Å². The van der Waals surface area contributed by atoms with Crippen molar-refractivity contribution in [1.82, 2.24) is 5.32 Å². The number of hydrogen-bond acceptors (Lipinski definition) is 3. The number of rotatable bonds is 6. The average Bonchev–Trinajstić information content (AvgIpc) is 3.21. The summed E-state index contributed by atoms with van der Waals surface area (Å²) in [4.78, 5) is 11.9. The Labute approximate surface area is 109 Å². The number of aliphatic hydroxyl groups excluding tert-OH is 1. The molecule has 0 spiro atoms. The SMILES string of the molecule is NCC1(CC(=O)NCC(O)C2CC2)CCCCC1. The number of nitrogens with two attached hydrogens (primary N) is 1. The number of carbonyl (C=O) groups excluding carboxylic acids is 1. The Hall–Kier alpha value is -0.610. The van der Waals surface area contributed by atoms with Crippen LogP contribution in [-0.4, -0.2) is 30.2 Å². The van der Waals surface area contributed by atoms with Crippen LogP contribution in [-0.2, 0) is 4.79 Å². The van der Waals surface area contributed by atoms with Crippen LogP contribution in [0, 0.1) is 11.3 Å². The molecule has 0 radical (unpaired) electrons. The minimum absolute atomic E-state index is 0.0207. The second-order valence-corrected chi connectivity index (χ2v) is 6.15. The van der Waals surface area contributed by atoms with Crippen molar-refractivity contribution < 1.29 is 9.90 Å². The van der Waals surface area contributed by atoms with Gasteiger partial charge in [0.2, 0.25) is 5.91 Å². The molecule has 2 aliphatic carbocycles. The molecule has 0 aromatic heterocycles. The molecule has 0 saturated heterocycles. The van der Waals surface area contributed by atoms with Crippen LogP contribution in [0.15, 0.2) is 0 Å². The Kier molecular flexibility index (Phi) is 4.62. The molecule has 4 heteroatoms. The zero-order chi connectivity index (χ0) is 13.0. The van der Waals surface area contributed by atoms with Crippen molar-refractivity contribution >= 4 is 5.91 Å². The van der Waals surface area contributed by atoms with E-state index in [9.17, 15) is 9.90 Å². The van der Waals surface area contributed by atoms with Gasteiger partial charge in [-0.1, -0.05) is 19.3 Å². The van der Waals surface area contributed by atoms with Gasteiger partial charge < -0.3 is 16.2 Å². The lowest BCUT2D eigenvalue weighted by molar-refractivity contribution is -0.124. The van der Waals surface area contributed by atoms with Crippen LogP contribution >= 0.6 is 0 Å². The summed E-state index contributed by atoms with van der Waals surface area (Å²) in [5, 5.41) is 12.6. The van der Waals surface area contributed by atoms with E-state index < -0.39 is 0 Å². The first-order valence-electron chi connectivity index (χ1n) is 7.30. The van der Waals surface area contributed by atoms with Crippen LogP contribution < -0.4 is 11.1 Å². The number of aliphatic hydroxyl groups is 1. The highest BCUT2D eigenvalue weighted by molar-refractivity contribution is 5.76. The summed E-state index contributed by atoms with van der Waals surface area (Å²) < 4.78 is 0. The summed E-state index contributed by atoms with van der Waals surface area (Å²) in [5.74, 6) is 0.477. The van der Waals surface area contributed by atoms with E-state index >= 15 is 0 Å². The van der Waals surface area contributed by atoms with Gasteiger partial charge in [0.25, 0.3) is 0 Å². The molecule has 2 rings (SSSR count). The molecular weight excluding hydrogens is 228 g/mol. The molecular formula is C14H26N2O2. The third-order valence-electron chi connectivity index (χ3n) is 4.56. The predicted molar refractivity (Wildman–Crippen MR) is 70.9 cm³/mol. The van der Waals surface area contributed by atoms with E-state index in [0.717, 1.165) is 25.7 Å². The summed E-state index contributed by atoms with van der Waals surface area (Å²) in [6.45, 7) is 1.01. The van der Waals surface area contributed by atoms with Gasteiger partial charge in [0, 0.05) is 13.0 Å². The minimum atomic E-state index is -0.353. The first kappa shape index (κ1) is 13.8. The molecule has 2 fully saturated rings. The van der Waals surface area contributed by atoms with Crippen LogP contribution in [0.4, 0.5) is 0 Å². The standard InChI is InChI=1S/C14H26N2O2/c15-10-14(6-2-1-3-7-14)8-13(18)16-9-12(17)11-4-5-11/h11-12,17H,1-10,15H2,(H,16,18). The zero-order valence-corrected chi connectivity index (χ0v) is 11.2. The third kappa shape index (κ3) is 3.69. The maximum atomic E-state index is 11.9. The fourth-order valence-corrected chi connectivity index (χ4v) is 3.02. The lowest BCUT2D eigenvalue weighted by Gasteiger charge is -2.35. The Morgan fingerprint density at radius 3 is 2.56 bits per heavy atom. The molecule has 2 aliphatic rings. The minimum Gasteiger partial charge on any atom is -0.391 e. The van der Waals surface area contributed by atoms with E-state index in [0.29, 0.717) is 25.4 Å². The van der Waals surface area contributed by atoms with Gasteiger partial charge in [-0.3, -0.25) is 4.79 Å². The van der Waals surface area contributed by atoms with Crippen LogP contribution in [0.5, 0.6) is 0 Å². The molecule has 1 atom stereocenters. The molecule has 4 nitrogen and oxygen atoms in total. The van der Waals surface area contributed by atoms with E-state index in [1.54, 1.807) is 0 Å². The smallest absolute Gasteiger partial charge is 0.220 e. The molecule has 0 aromatic carbocycles. The maximum Gasteiger partial charge on any atom is 0.220 e. The summed E-state index contributed by atoms with van der Waals surface area (Å²) >= 11 is 0. The topological polar surface area (TPSA) is 75.4 Å². The average molecular weight is 254 g/mol. The number of nitrogens with one attached hydrogen (secondary N) is 1. The van der Waals surface area contributed by atoms with Gasteiger partial charge in [-0.15, -0.1) is 0 Å². The van der Waals surface area contributed by atoms with E-state index in [4.69, 9.17) is 5.73 Å². The Morgan fingerprint density at radius 1 is 1.33 bits per heavy atom. The van der Waals surface area contributed by atoms with Crippen LogP contribution in [0.25, 0.3) is 0 Å². The maximum absolute atomic E-state index is 11.9. The van der Waals surface area contributed by atoms with Crippen molar-refractivity contribution in [3.8, 4) is 0 Å². The highest BCUT2D eigenvalue weighted by atomic mass is 16.3. The summed E-state index contributed by atoms with van der Waals surface area (Å²) in [5.41, 5.74) is 5.89.